The standard InChI is InChI=1S/C26H27NO/c1-3-10-21(2)20-28-25-17-15-23(16-18-25)26(22-11-6-4-7-12-22)19-27-24-13-8-5-9-14-24/h4-9,11-18,21H,3,10,20H2,1-2H3. The normalized spacial score (nSPS) is 11.4. The molecule has 0 bridgehead atoms. The molecule has 2 heteroatoms. The fourth-order valence-corrected chi connectivity index (χ4v) is 3.06. The molecule has 0 saturated heterocycles. The van der Waals surface area contributed by atoms with Gasteiger partial charge in [0.05, 0.1) is 17.9 Å². The first-order chi connectivity index (χ1) is 13.8. The first-order valence-corrected chi connectivity index (χ1v) is 9.93. The molecule has 0 aromatic heterocycles. The van der Waals surface area contributed by atoms with Crippen LogP contribution in [0.3, 0.4) is 0 Å². The van der Waals surface area contributed by atoms with Crippen molar-refractivity contribution >= 4 is 17.1 Å². The smallest absolute Gasteiger partial charge is 0.119 e. The van der Waals surface area contributed by atoms with Gasteiger partial charge in [0.15, 0.2) is 0 Å². The van der Waals surface area contributed by atoms with Crippen molar-refractivity contribution in [2.75, 3.05) is 6.61 Å². The van der Waals surface area contributed by atoms with Gasteiger partial charge in [-0.15, -0.1) is 0 Å². The molecule has 2 nitrogen and oxygen atoms in total. The Kier molecular flexibility index (Phi) is 7.23. The highest BCUT2D eigenvalue weighted by Crippen LogP contribution is 2.24. The second kappa shape index (κ2) is 10.3. The van der Waals surface area contributed by atoms with E-state index < -0.39 is 0 Å². The monoisotopic (exact) mass is 369 g/mol. The minimum atomic E-state index is 0.572. The Morgan fingerprint density at radius 2 is 1.46 bits per heavy atom. The number of nitrogens with zero attached hydrogens (tertiary/aromatic N) is 1. The highest BCUT2D eigenvalue weighted by Gasteiger charge is 2.06. The van der Waals surface area contributed by atoms with Gasteiger partial charge in [0, 0.05) is 0 Å². The summed E-state index contributed by atoms with van der Waals surface area (Å²) in [6.07, 6.45) is 2.38. The van der Waals surface area contributed by atoms with Crippen molar-refractivity contribution < 1.29 is 4.74 Å². The van der Waals surface area contributed by atoms with Crippen LogP contribution < -0.4 is 4.74 Å². The quantitative estimate of drug-likeness (QED) is 0.394. The maximum Gasteiger partial charge on any atom is 0.119 e. The number of benzene rings is 3. The Hall–Kier alpha value is -3.09. The summed E-state index contributed by atoms with van der Waals surface area (Å²) in [5.74, 6) is 4.73. The van der Waals surface area contributed by atoms with E-state index >= 15 is 0 Å². The van der Waals surface area contributed by atoms with E-state index in [9.17, 15) is 0 Å². The second-order valence-corrected chi connectivity index (χ2v) is 7.03. The number of para-hydroxylation sites is 1. The van der Waals surface area contributed by atoms with E-state index in [-0.39, 0.29) is 0 Å². The number of aliphatic imine (C=N–C) groups is 1. The molecule has 28 heavy (non-hydrogen) atoms. The predicted octanol–water partition coefficient (Wildman–Crippen LogP) is 6.93. The van der Waals surface area contributed by atoms with E-state index in [1.165, 1.54) is 12.8 Å². The van der Waals surface area contributed by atoms with E-state index in [0.717, 1.165) is 34.7 Å². The topological polar surface area (TPSA) is 21.6 Å². The van der Waals surface area contributed by atoms with E-state index in [0.29, 0.717) is 5.92 Å². The van der Waals surface area contributed by atoms with Gasteiger partial charge in [-0.3, -0.25) is 0 Å². The molecule has 0 heterocycles. The fourth-order valence-electron chi connectivity index (χ4n) is 3.06. The molecule has 0 aliphatic carbocycles. The molecular weight excluding hydrogens is 342 g/mol. The minimum absolute atomic E-state index is 0.572. The van der Waals surface area contributed by atoms with Gasteiger partial charge < -0.3 is 4.74 Å². The van der Waals surface area contributed by atoms with Crippen LogP contribution >= 0.6 is 0 Å². The Morgan fingerprint density at radius 1 is 0.857 bits per heavy atom. The highest BCUT2D eigenvalue weighted by atomic mass is 16.5. The summed E-state index contributed by atoms with van der Waals surface area (Å²) in [6, 6.07) is 28.4. The molecule has 1 unspecified atom stereocenters. The summed E-state index contributed by atoms with van der Waals surface area (Å²) in [5, 5.41) is 0. The third kappa shape index (κ3) is 5.70. The highest BCUT2D eigenvalue weighted by molar-refractivity contribution is 5.99. The van der Waals surface area contributed by atoms with Crippen molar-refractivity contribution in [2.24, 2.45) is 10.9 Å². The van der Waals surface area contributed by atoms with Crippen LogP contribution in [0, 0.1) is 5.92 Å². The van der Waals surface area contributed by atoms with Crippen LogP contribution in [0.5, 0.6) is 5.75 Å². The summed E-state index contributed by atoms with van der Waals surface area (Å²) >= 11 is 0. The van der Waals surface area contributed by atoms with Gasteiger partial charge in [-0.05, 0) is 65.7 Å². The average molecular weight is 370 g/mol. The molecule has 3 aromatic rings. The largest absolute Gasteiger partial charge is 0.493 e. The lowest BCUT2D eigenvalue weighted by atomic mass is 9.99. The summed E-state index contributed by atoms with van der Waals surface area (Å²) in [7, 11) is 0. The van der Waals surface area contributed by atoms with Gasteiger partial charge in [0.25, 0.3) is 0 Å². The van der Waals surface area contributed by atoms with Crippen LogP contribution in [0.4, 0.5) is 5.69 Å². The Morgan fingerprint density at radius 3 is 2.11 bits per heavy atom. The van der Waals surface area contributed by atoms with Crippen LogP contribution in [0.2, 0.25) is 0 Å². The zero-order valence-corrected chi connectivity index (χ0v) is 16.6. The van der Waals surface area contributed by atoms with Crippen molar-refractivity contribution in [1.29, 1.82) is 0 Å². The molecule has 0 aliphatic heterocycles. The SMILES string of the molecule is CCCC(C)COc1ccc(C(=C=Nc2ccccc2)c2ccccc2)cc1. The summed E-state index contributed by atoms with van der Waals surface area (Å²) in [6.45, 7) is 5.19. The lowest BCUT2D eigenvalue weighted by molar-refractivity contribution is 0.251. The average Bonchev–Trinajstić information content (AvgIpc) is 2.75. The van der Waals surface area contributed by atoms with Crippen molar-refractivity contribution in [1.82, 2.24) is 0 Å². The molecule has 3 aromatic carbocycles. The molecule has 3 rings (SSSR count). The fraction of sp³-hybridized carbons (Fsp3) is 0.231. The third-order valence-electron chi connectivity index (χ3n) is 4.57. The van der Waals surface area contributed by atoms with Crippen molar-refractivity contribution in [2.45, 2.75) is 26.7 Å². The summed E-state index contributed by atoms with van der Waals surface area (Å²) < 4.78 is 5.94. The van der Waals surface area contributed by atoms with E-state index in [4.69, 9.17) is 4.74 Å². The molecule has 0 N–H and O–H groups in total. The molecule has 0 fully saturated rings. The van der Waals surface area contributed by atoms with Crippen molar-refractivity contribution in [3.8, 4) is 5.75 Å². The Bertz CT molecular complexity index is 908. The van der Waals surface area contributed by atoms with Crippen LogP contribution in [0.25, 0.3) is 5.57 Å². The minimum Gasteiger partial charge on any atom is -0.493 e. The van der Waals surface area contributed by atoms with Gasteiger partial charge in [-0.1, -0.05) is 68.8 Å². The molecule has 0 saturated carbocycles. The van der Waals surface area contributed by atoms with Crippen LogP contribution in [0.1, 0.15) is 37.8 Å². The molecule has 0 spiro atoms. The predicted molar refractivity (Wildman–Crippen MR) is 118 cm³/mol. The number of hydrogen-bond donors (Lipinski definition) is 0. The first-order valence-electron chi connectivity index (χ1n) is 9.93. The van der Waals surface area contributed by atoms with Crippen molar-refractivity contribution in [3.63, 3.8) is 0 Å². The lowest BCUT2D eigenvalue weighted by Crippen LogP contribution is -2.08. The third-order valence-corrected chi connectivity index (χ3v) is 4.57. The van der Waals surface area contributed by atoms with Gasteiger partial charge in [-0.25, -0.2) is 4.99 Å². The summed E-state index contributed by atoms with van der Waals surface area (Å²) in [5.41, 5.74) is 4.02. The Balaban J connectivity index is 1.86. The first kappa shape index (κ1) is 19.7. The molecule has 0 aliphatic rings. The van der Waals surface area contributed by atoms with Gasteiger partial charge in [-0.2, -0.15) is 0 Å². The number of hydrogen-bond acceptors (Lipinski definition) is 2. The molecule has 1 atom stereocenters. The van der Waals surface area contributed by atoms with Crippen LogP contribution in [-0.2, 0) is 0 Å². The van der Waals surface area contributed by atoms with Crippen LogP contribution in [0.15, 0.2) is 89.9 Å². The number of rotatable bonds is 8. The lowest BCUT2D eigenvalue weighted by Gasteiger charge is -2.12. The Labute approximate surface area is 168 Å². The second-order valence-electron chi connectivity index (χ2n) is 7.03. The van der Waals surface area contributed by atoms with Gasteiger partial charge in [0.2, 0.25) is 0 Å². The molecular formula is C26H27NO. The van der Waals surface area contributed by atoms with E-state index in [1.54, 1.807) is 0 Å². The summed E-state index contributed by atoms with van der Waals surface area (Å²) in [4.78, 5) is 4.54. The number of ether oxygens (including phenoxy) is 1. The van der Waals surface area contributed by atoms with Gasteiger partial charge >= 0.3 is 0 Å². The van der Waals surface area contributed by atoms with E-state index in [2.05, 4.69) is 49.0 Å². The zero-order chi connectivity index (χ0) is 19.6. The van der Waals surface area contributed by atoms with Gasteiger partial charge in [0.1, 0.15) is 5.75 Å². The maximum atomic E-state index is 5.94. The van der Waals surface area contributed by atoms with Crippen molar-refractivity contribution in [3.05, 3.63) is 96.1 Å². The maximum absolute atomic E-state index is 5.94. The zero-order valence-electron chi connectivity index (χ0n) is 16.6. The molecule has 0 radical (unpaired) electrons. The van der Waals surface area contributed by atoms with Crippen LogP contribution in [-0.4, -0.2) is 12.5 Å². The molecule has 0 amide bonds. The molecule has 142 valence electrons. The van der Waals surface area contributed by atoms with E-state index in [1.807, 2.05) is 60.7 Å².